The molecule has 0 aliphatic carbocycles. The number of phenolic OH excluding ortho intramolecular Hbond substituents is 2. The highest BCUT2D eigenvalue weighted by molar-refractivity contribution is 5.99. The fourth-order valence-electron chi connectivity index (χ4n) is 7.29. The first-order valence-corrected chi connectivity index (χ1v) is 24.3. The van der Waals surface area contributed by atoms with E-state index in [-0.39, 0.29) is 49.0 Å². The molecule has 77 heavy (non-hydrogen) atoms. The molecule has 0 aliphatic heterocycles. The monoisotopic (exact) mass is 1090 g/mol. The van der Waals surface area contributed by atoms with E-state index in [2.05, 4.69) is 37.2 Å². The number of aliphatic hydroxyl groups is 1. The van der Waals surface area contributed by atoms with E-state index in [1.165, 1.54) is 48.5 Å². The molecule has 2 aromatic carbocycles. The molecule has 0 aromatic heterocycles. The summed E-state index contributed by atoms with van der Waals surface area (Å²) in [5.41, 5.74) is 11.8. The number of aromatic hydroxyl groups is 2. The van der Waals surface area contributed by atoms with Gasteiger partial charge in [-0.1, -0.05) is 52.0 Å². The van der Waals surface area contributed by atoms with Gasteiger partial charge in [-0.15, -0.1) is 0 Å². The fourth-order valence-corrected chi connectivity index (χ4v) is 7.29. The number of amides is 9. The van der Waals surface area contributed by atoms with Gasteiger partial charge in [0.1, 0.15) is 59.8 Å². The lowest BCUT2D eigenvalue weighted by Gasteiger charge is -2.27. The summed E-state index contributed by atoms with van der Waals surface area (Å²) >= 11 is 0. The van der Waals surface area contributed by atoms with E-state index >= 15 is 0 Å². The highest BCUT2D eigenvalue weighted by Crippen LogP contribution is 2.15. The van der Waals surface area contributed by atoms with Gasteiger partial charge < -0.3 is 84.6 Å². The van der Waals surface area contributed by atoms with Crippen LogP contribution in [0.4, 0.5) is 0 Å². The number of nitrogens with one attached hydrogen (secondary N) is 8. The van der Waals surface area contributed by atoms with Gasteiger partial charge in [-0.05, 0) is 73.4 Å². The number of rotatable bonds is 33. The summed E-state index contributed by atoms with van der Waals surface area (Å²) in [6.07, 6.45) is -3.59. The predicted octanol–water partition coefficient (Wildman–Crippen LogP) is -3.51. The zero-order valence-corrected chi connectivity index (χ0v) is 43.1. The largest absolute Gasteiger partial charge is 0.508 e. The van der Waals surface area contributed by atoms with Crippen LogP contribution in [0.1, 0.15) is 84.3 Å². The molecule has 0 bridgehead atoms. The number of aliphatic carboxylic acids is 3. The number of primary amides is 1. The molecule has 9 amide bonds. The van der Waals surface area contributed by atoms with Gasteiger partial charge in [0.25, 0.3) is 0 Å². The number of carbonyl (C=O) groups is 12. The van der Waals surface area contributed by atoms with Gasteiger partial charge in [0.05, 0.1) is 25.5 Å². The van der Waals surface area contributed by atoms with E-state index in [0.29, 0.717) is 11.1 Å². The molecule has 0 fully saturated rings. The summed E-state index contributed by atoms with van der Waals surface area (Å²) in [5, 5.41) is 76.9. The highest BCUT2D eigenvalue weighted by Gasteiger charge is 2.35. The third-order valence-corrected chi connectivity index (χ3v) is 11.3. The molecule has 2 rings (SSSR count). The number of benzene rings is 2. The summed E-state index contributed by atoms with van der Waals surface area (Å²) < 4.78 is 0. The maximum Gasteiger partial charge on any atom is 0.326 e. The molecule has 9 atom stereocenters. The average Bonchev–Trinajstić information content (AvgIpc) is 3.33. The third-order valence-electron chi connectivity index (χ3n) is 11.3. The second-order valence-electron chi connectivity index (χ2n) is 19.0. The topological polar surface area (TPSA) is 474 Å². The van der Waals surface area contributed by atoms with Crippen molar-refractivity contribution in [2.24, 2.45) is 23.3 Å². The van der Waals surface area contributed by atoms with Crippen molar-refractivity contribution in [2.45, 2.75) is 140 Å². The Morgan fingerprint density at radius 3 is 1.27 bits per heavy atom. The standard InChI is InChI=1S/C49H70N10O18/c1-23(2)16-32(54-42(69)30(50)20-38(51)63)45(72)56-34(19-27-8-12-29(62)13-9-27)46(73)55-33(18-26-6-10-28(61)11-7-26)44(71)52-25(5)41(68)53-31(14-15-39(64)65)43(70)59-37(22-60)48(75)57-35(21-40(66)67)47(74)58-36(49(76)77)17-24(3)4/h6-13,23-25,30-37,60-62H,14-22,50H2,1-5H3,(H2,51,63)(H,52,71)(H,53,68)(H,54,69)(H,55,73)(H,56,72)(H,57,75)(H,58,74)(H,59,70)(H,64,65)(H,66,67)(H,76,77)/t25-,30-,31-,32-,33-,34-,35-,36-,37-/m0/s1. The predicted molar refractivity (Wildman–Crippen MR) is 269 cm³/mol. The summed E-state index contributed by atoms with van der Waals surface area (Å²) in [6, 6.07) is -3.58. The van der Waals surface area contributed by atoms with E-state index in [0.717, 1.165) is 6.92 Å². The minimum absolute atomic E-state index is 0.0300. The van der Waals surface area contributed by atoms with Gasteiger partial charge >= 0.3 is 17.9 Å². The molecule has 0 unspecified atom stereocenters. The molecule has 18 N–H and O–H groups in total. The van der Waals surface area contributed by atoms with E-state index in [4.69, 9.17) is 11.5 Å². The molecule has 0 spiro atoms. The molecule has 28 nitrogen and oxygen atoms in total. The number of nitrogens with two attached hydrogens (primary N) is 2. The Hall–Kier alpha value is -8.40. The Labute approximate surface area is 442 Å². The lowest BCUT2D eigenvalue weighted by atomic mass is 9.99. The van der Waals surface area contributed by atoms with Crippen molar-refractivity contribution < 1.29 is 88.2 Å². The van der Waals surface area contributed by atoms with E-state index < -0.39 is 158 Å². The van der Waals surface area contributed by atoms with Crippen LogP contribution in [0.25, 0.3) is 0 Å². The number of phenols is 2. The number of hydrogen-bond donors (Lipinski definition) is 16. The summed E-state index contributed by atoms with van der Waals surface area (Å²) in [4.78, 5) is 155. The van der Waals surface area contributed by atoms with Crippen LogP contribution in [-0.4, -0.2) is 163 Å². The van der Waals surface area contributed by atoms with E-state index in [1.54, 1.807) is 27.7 Å². The molecule has 28 heteroatoms. The van der Waals surface area contributed by atoms with Crippen LogP contribution in [0, 0.1) is 11.8 Å². The Morgan fingerprint density at radius 1 is 0.455 bits per heavy atom. The first kappa shape index (κ1) is 64.7. The summed E-state index contributed by atoms with van der Waals surface area (Å²) in [7, 11) is 0. The maximum atomic E-state index is 14.3. The number of aliphatic hydroxyl groups excluding tert-OH is 1. The van der Waals surface area contributed by atoms with Crippen molar-refractivity contribution in [3.05, 3.63) is 59.7 Å². The van der Waals surface area contributed by atoms with Crippen molar-refractivity contribution in [3.8, 4) is 11.5 Å². The van der Waals surface area contributed by atoms with Crippen LogP contribution in [0.2, 0.25) is 0 Å². The second kappa shape index (κ2) is 31.5. The zero-order chi connectivity index (χ0) is 58.3. The summed E-state index contributed by atoms with van der Waals surface area (Å²) in [5.74, 6) is -14.8. The Kier molecular flexibility index (Phi) is 26.5. The Morgan fingerprint density at radius 2 is 0.831 bits per heavy atom. The molecule has 0 heterocycles. The van der Waals surface area contributed by atoms with E-state index in [9.17, 15) is 88.2 Å². The molecule has 424 valence electrons. The van der Waals surface area contributed by atoms with Crippen molar-refractivity contribution in [1.29, 1.82) is 0 Å². The van der Waals surface area contributed by atoms with Crippen LogP contribution in [-0.2, 0) is 70.4 Å². The van der Waals surface area contributed by atoms with Crippen LogP contribution < -0.4 is 54.0 Å². The van der Waals surface area contributed by atoms with E-state index in [1.807, 2.05) is 5.32 Å². The molecular formula is C49H70N10O18. The lowest BCUT2D eigenvalue weighted by molar-refractivity contribution is -0.144. The third kappa shape index (κ3) is 23.8. The van der Waals surface area contributed by atoms with Crippen LogP contribution in [0.5, 0.6) is 11.5 Å². The number of carboxylic acids is 3. The van der Waals surface area contributed by atoms with Crippen molar-refractivity contribution in [2.75, 3.05) is 6.61 Å². The van der Waals surface area contributed by atoms with Gasteiger partial charge in [0, 0.05) is 19.3 Å². The smallest absolute Gasteiger partial charge is 0.326 e. The molecule has 2 aromatic rings. The van der Waals surface area contributed by atoms with Gasteiger partial charge in [-0.25, -0.2) is 4.79 Å². The van der Waals surface area contributed by atoms with Crippen LogP contribution in [0.15, 0.2) is 48.5 Å². The second-order valence-corrected chi connectivity index (χ2v) is 19.0. The normalized spacial score (nSPS) is 14.6. The van der Waals surface area contributed by atoms with Gasteiger partial charge in [-0.3, -0.25) is 52.7 Å². The van der Waals surface area contributed by atoms with Crippen LogP contribution in [0.3, 0.4) is 0 Å². The first-order chi connectivity index (χ1) is 36.0. The Balaban J connectivity index is 2.44. The highest BCUT2D eigenvalue weighted by atomic mass is 16.4. The van der Waals surface area contributed by atoms with Gasteiger partial charge in [0.2, 0.25) is 53.2 Å². The molecule has 0 radical (unpaired) electrons. The minimum atomic E-state index is -1.96. The molecule has 0 saturated carbocycles. The Bertz CT molecular complexity index is 2420. The number of carboxylic acid groups (broad SMARTS) is 3. The SMILES string of the molecule is CC(C)C[C@H](NC(=O)[C@H](CC(=O)O)NC(=O)[C@H](CO)NC(=O)[C@H](CCC(=O)O)NC(=O)[C@H](C)NC(=O)[C@H](Cc1ccc(O)cc1)NC(=O)[C@H](Cc1ccc(O)cc1)NC(=O)[C@H](CC(C)C)NC(=O)[C@@H](N)CC(N)=O)C(=O)O. The van der Waals surface area contributed by atoms with Crippen molar-refractivity contribution in [3.63, 3.8) is 0 Å². The quantitative estimate of drug-likeness (QED) is 0.0330. The fraction of sp³-hybridized carbons (Fsp3) is 0.510. The minimum Gasteiger partial charge on any atom is -0.508 e. The number of carbonyl (C=O) groups excluding carboxylic acids is 9. The zero-order valence-electron chi connectivity index (χ0n) is 43.1. The summed E-state index contributed by atoms with van der Waals surface area (Å²) in [6.45, 7) is 6.77. The van der Waals surface area contributed by atoms with Gasteiger partial charge in [0.15, 0.2) is 0 Å². The van der Waals surface area contributed by atoms with Crippen molar-refractivity contribution in [1.82, 2.24) is 42.5 Å². The maximum absolute atomic E-state index is 14.3. The molecular weight excluding hydrogens is 1020 g/mol. The first-order valence-electron chi connectivity index (χ1n) is 24.3. The van der Waals surface area contributed by atoms with Gasteiger partial charge in [-0.2, -0.15) is 0 Å². The lowest BCUT2D eigenvalue weighted by Crippen LogP contribution is -2.61. The number of hydrogen-bond acceptors (Lipinski definition) is 16. The molecule has 0 saturated heterocycles. The molecule has 0 aliphatic rings. The average molecular weight is 1090 g/mol. The van der Waals surface area contributed by atoms with Crippen molar-refractivity contribution >= 4 is 71.1 Å². The van der Waals surface area contributed by atoms with Crippen LogP contribution >= 0.6 is 0 Å².